The molecule has 0 aliphatic rings. The quantitative estimate of drug-likeness (QED) is 0.320. The van der Waals surface area contributed by atoms with Crippen LogP contribution in [0.5, 0.6) is 11.5 Å². The molecule has 2 aromatic rings. The number of carbonyl (C=O) groups is 2. The number of anilines is 1. The highest BCUT2D eigenvalue weighted by Gasteiger charge is 2.12. The first-order valence-electron chi connectivity index (χ1n) is 9.62. The van der Waals surface area contributed by atoms with E-state index in [9.17, 15) is 9.59 Å². The van der Waals surface area contributed by atoms with E-state index in [0.29, 0.717) is 36.0 Å². The van der Waals surface area contributed by atoms with Crippen molar-refractivity contribution in [2.45, 2.75) is 34.1 Å². The van der Waals surface area contributed by atoms with E-state index < -0.39 is 11.8 Å². The molecule has 0 unspecified atom stereocenters. The number of rotatable bonds is 9. The molecule has 0 saturated heterocycles. The summed E-state index contributed by atoms with van der Waals surface area (Å²) < 4.78 is 11.9. The van der Waals surface area contributed by atoms with E-state index in [1.807, 2.05) is 39.8 Å². The fourth-order valence-corrected chi connectivity index (χ4v) is 3.17. The van der Waals surface area contributed by atoms with Gasteiger partial charge in [0.05, 0.1) is 23.9 Å². The van der Waals surface area contributed by atoms with Crippen molar-refractivity contribution in [2.75, 3.05) is 18.5 Å². The average molecular weight is 476 g/mol. The molecule has 160 valence electrons. The Hall–Kier alpha value is -2.87. The first-order valence-corrected chi connectivity index (χ1v) is 10.4. The van der Waals surface area contributed by atoms with Gasteiger partial charge in [0.25, 0.3) is 0 Å². The van der Waals surface area contributed by atoms with Gasteiger partial charge in [0.1, 0.15) is 6.42 Å². The minimum atomic E-state index is -0.511. The van der Waals surface area contributed by atoms with Gasteiger partial charge in [0.15, 0.2) is 11.5 Å². The van der Waals surface area contributed by atoms with Gasteiger partial charge in [-0.1, -0.05) is 6.07 Å². The monoisotopic (exact) mass is 475 g/mol. The zero-order valence-corrected chi connectivity index (χ0v) is 19.1. The molecular formula is C22H26BrN3O4. The molecule has 0 aromatic heterocycles. The van der Waals surface area contributed by atoms with Gasteiger partial charge in [-0.15, -0.1) is 0 Å². The second-order valence-corrected chi connectivity index (χ2v) is 7.37. The van der Waals surface area contributed by atoms with Gasteiger partial charge < -0.3 is 14.8 Å². The molecule has 0 bridgehead atoms. The predicted octanol–water partition coefficient (Wildman–Crippen LogP) is 4.34. The van der Waals surface area contributed by atoms with Crippen molar-refractivity contribution >= 4 is 39.6 Å². The predicted molar refractivity (Wildman–Crippen MR) is 121 cm³/mol. The molecule has 30 heavy (non-hydrogen) atoms. The Kier molecular flexibility index (Phi) is 8.86. The zero-order valence-electron chi connectivity index (χ0n) is 17.5. The first kappa shape index (κ1) is 23.4. The van der Waals surface area contributed by atoms with Crippen molar-refractivity contribution in [2.24, 2.45) is 5.10 Å². The molecule has 2 N–H and O–H groups in total. The number of halogens is 1. The summed E-state index contributed by atoms with van der Waals surface area (Å²) in [6.07, 6.45) is 1.14. The molecule has 0 atom stereocenters. The average Bonchev–Trinajstić information content (AvgIpc) is 2.67. The molecule has 0 heterocycles. The Morgan fingerprint density at radius 3 is 2.43 bits per heavy atom. The Bertz CT molecular complexity index is 944. The lowest BCUT2D eigenvalue weighted by molar-refractivity contribution is -0.126. The third-order valence-corrected chi connectivity index (χ3v) is 4.72. The summed E-state index contributed by atoms with van der Waals surface area (Å²) in [5, 5.41) is 6.63. The minimum Gasteiger partial charge on any atom is -0.490 e. The third-order valence-electron chi connectivity index (χ3n) is 4.14. The van der Waals surface area contributed by atoms with E-state index in [0.717, 1.165) is 15.6 Å². The fraction of sp³-hybridized carbons (Fsp3) is 0.318. The van der Waals surface area contributed by atoms with Gasteiger partial charge in [0.2, 0.25) is 11.8 Å². The van der Waals surface area contributed by atoms with Crippen molar-refractivity contribution in [1.29, 1.82) is 0 Å². The van der Waals surface area contributed by atoms with Crippen molar-refractivity contribution in [3.05, 3.63) is 51.5 Å². The number of amides is 2. The van der Waals surface area contributed by atoms with Crippen LogP contribution in [-0.2, 0) is 9.59 Å². The van der Waals surface area contributed by atoms with Gasteiger partial charge in [0, 0.05) is 5.69 Å². The maximum atomic E-state index is 12.1. The molecule has 2 aromatic carbocycles. The highest BCUT2D eigenvalue weighted by molar-refractivity contribution is 9.10. The van der Waals surface area contributed by atoms with Gasteiger partial charge in [-0.2, -0.15) is 5.10 Å². The Morgan fingerprint density at radius 1 is 1.03 bits per heavy atom. The molecule has 8 heteroatoms. The highest BCUT2D eigenvalue weighted by atomic mass is 79.9. The number of nitrogens with one attached hydrogen (secondary N) is 2. The number of ether oxygens (including phenoxy) is 2. The molecular weight excluding hydrogens is 450 g/mol. The lowest BCUT2D eigenvalue weighted by Gasteiger charge is -2.13. The molecule has 0 fully saturated rings. The molecule has 2 rings (SSSR count). The Labute approximate surface area is 185 Å². The maximum absolute atomic E-state index is 12.1. The van der Waals surface area contributed by atoms with E-state index in [4.69, 9.17) is 9.47 Å². The zero-order chi connectivity index (χ0) is 22.1. The fourth-order valence-electron chi connectivity index (χ4n) is 2.60. The summed E-state index contributed by atoms with van der Waals surface area (Å²) in [4.78, 5) is 24.0. The Balaban J connectivity index is 1.94. The highest BCUT2D eigenvalue weighted by Crippen LogP contribution is 2.36. The summed E-state index contributed by atoms with van der Waals surface area (Å²) in [5.41, 5.74) is 5.92. The van der Waals surface area contributed by atoms with Crippen LogP contribution in [0.2, 0.25) is 0 Å². The summed E-state index contributed by atoms with van der Waals surface area (Å²) in [5.74, 6) is 0.272. The second-order valence-electron chi connectivity index (χ2n) is 6.51. The first-order chi connectivity index (χ1) is 14.3. The van der Waals surface area contributed by atoms with Gasteiger partial charge in [-0.3, -0.25) is 9.59 Å². The van der Waals surface area contributed by atoms with Crippen LogP contribution in [0.1, 0.15) is 37.0 Å². The number of nitrogens with zero attached hydrogens (tertiary/aromatic N) is 1. The van der Waals surface area contributed by atoms with Crippen molar-refractivity contribution in [3.63, 3.8) is 0 Å². The molecule has 0 aliphatic carbocycles. The smallest absolute Gasteiger partial charge is 0.249 e. The molecule has 7 nitrogen and oxygen atoms in total. The van der Waals surface area contributed by atoms with Crippen molar-refractivity contribution in [1.82, 2.24) is 5.43 Å². The van der Waals surface area contributed by atoms with Crippen LogP contribution in [0.3, 0.4) is 0 Å². The third kappa shape index (κ3) is 6.88. The lowest BCUT2D eigenvalue weighted by atomic mass is 10.1. The van der Waals surface area contributed by atoms with Gasteiger partial charge in [-0.25, -0.2) is 5.43 Å². The molecule has 0 aliphatic heterocycles. The van der Waals surface area contributed by atoms with Crippen LogP contribution in [0, 0.1) is 13.8 Å². The van der Waals surface area contributed by atoms with E-state index in [-0.39, 0.29) is 6.42 Å². The van der Waals surface area contributed by atoms with Crippen molar-refractivity contribution in [3.8, 4) is 11.5 Å². The number of hydrazone groups is 1. The van der Waals surface area contributed by atoms with Crippen LogP contribution >= 0.6 is 15.9 Å². The van der Waals surface area contributed by atoms with Crippen LogP contribution in [0.25, 0.3) is 0 Å². The Morgan fingerprint density at radius 2 is 1.77 bits per heavy atom. The number of aryl methyl sites for hydroxylation is 2. The summed E-state index contributed by atoms with van der Waals surface area (Å²) in [6, 6.07) is 9.15. The van der Waals surface area contributed by atoms with Crippen LogP contribution in [0.4, 0.5) is 5.69 Å². The summed E-state index contributed by atoms with van der Waals surface area (Å²) in [7, 11) is 0. The van der Waals surface area contributed by atoms with Gasteiger partial charge >= 0.3 is 0 Å². The number of hydrogen-bond acceptors (Lipinski definition) is 5. The molecule has 0 spiro atoms. The lowest BCUT2D eigenvalue weighted by Crippen LogP contribution is -2.24. The van der Waals surface area contributed by atoms with Gasteiger partial charge in [-0.05, 0) is 84.6 Å². The standard InChI is InChI=1S/C22H26BrN3O4/c1-5-29-19-11-16(10-18(23)22(19)30-6-2)13-24-26-21(28)12-20(27)25-17-8-7-14(3)15(4)9-17/h7-11,13H,5-6,12H2,1-4H3,(H,25,27)(H,26,28). The van der Waals surface area contributed by atoms with Crippen LogP contribution < -0.4 is 20.2 Å². The normalized spacial score (nSPS) is 10.7. The number of hydrogen-bond donors (Lipinski definition) is 2. The second kappa shape index (κ2) is 11.3. The number of carbonyl (C=O) groups excluding carboxylic acids is 2. The minimum absolute atomic E-state index is 0.332. The number of benzene rings is 2. The topological polar surface area (TPSA) is 89.0 Å². The van der Waals surface area contributed by atoms with E-state index in [1.165, 1.54) is 6.21 Å². The van der Waals surface area contributed by atoms with E-state index >= 15 is 0 Å². The SMILES string of the molecule is CCOc1cc(C=NNC(=O)CC(=O)Nc2ccc(C)c(C)c2)cc(Br)c1OCC. The maximum Gasteiger partial charge on any atom is 0.249 e. The summed E-state index contributed by atoms with van der Waals surface area (Å²) in [6.45, 7) is 8.72. The van der Waals surface area contributed by atoms with E-state index in [1.54, 1.807) is 18.2 Å². The van der Waals surface area contributed by atoms with E-state index in [2.05, 4.69) is 31.8 Å². The van der Waals surface area contributed by atoms with Crippen molar-refractivity contribution < 1.29 is 19.1 Å². The van der Waals surface area contributed by atoms with Crippen LogP contribution in [-0.4, -0.2) is 31.2 Å². The largest absolute Gasteiger partial charge is 0.490 e. The molecule has 0 radical (unpaired) electrons. The molecule has 2 amide bonds. The summed E-state index contributed by atoms with van der Waals surface area (Å²) >= 11 is 3.46. The van der Waals surface area contributed by atoms with Crippen LogP contribution in [0.15, 0.2) is 39.9 Å². The molecule has 0 saturated carbocycles.